The normalized spacial score (nSPS) is 22.5. The second-order valence-electron chi connectivity index (χ2n) is 7.86. The highest BCUT2D eigenvalue weighted by atomic mass is 16.5. The molecule has 27 heavy (non-hydrogen) atoms. The Balaban J connectivity index is 1.30. The minimum Gasteiger partial charge on any atom is -0.368 e. The molecule has 142 valence electrons. The van der Waals surface area contributed by atoms with Gasteiger partial charge in [0.1, 0.15) is 6.10 Å². The molecule has 2 saturated heterocycles. The van der Waals surface area contributed by atoms with Crippen molar-refractivity contribution in [3.05, 3.63) is 64.7 Å². The third kappa shape index (κ3) is 3.72. The molecule has 0 spiro atoms. The van der Waals surface area contributed by atoms with Crippen molar-refractivity contribution in [2.45, 2.75) is 39.4 Å². The zero-order valence-corrected chi connectivity index (χ0v) is 16.4. The molecule has 2 fully saturated rings. The van der Waals surface area contributed by atoms with Crippen LogP contribution < -0.4 is 4.90 Å². The predicted molar refractivity (Wildman–Crippen MR) is 108 cm³/mol. The molecule has 2 aromatic carbocycles. The Hall–Kier alpha value is -2.33. The van der Waals surface area contributed by atoms with Gasteiger partial charge in [0, 0.05) is 38.3 Å². The molecular weight excluding hydrogens is 336 g/mol. The summed E-state index contributed by atoms with van der Waals surface area (Å²) in [5.74, 6) is 0.152. The fraction of sp³-hybridized carbons (Fsp3) is 0.435. The first-order chi connectivity index (χ1) is 13.0. The van der Waals surface area contributed by atoms with E-state index in [1.807, 2.05) is 4.90 Å². The zero-order valence-electron chi connectivity index (χ0n) is 16.4. The van der Waals surface area contributed by atoms with Crippen LogP contribution in [0.1, 0.15) is 34.8 Å². The molecule has 0 bridgehead atoms. The minimum atomic E-state index is -0.274. The Morgan fingerprint density at radius 3 is 2.22 bits per heavy atom. The Labute approximate surface area is 161 Å². The van der Waals surface area contributed by atoms with E-state index in [4.69, 9.17) is 4.74 Å². The van der Waals surface area contributed by atoms with Gasteiger partial charge in [-0.15, -0.1) is 0 Å². The second-order valence-corrected chi connectivity index (χ2v) is 7.86. The number of ether oxygens (including phenoxy) is 1. The lowest BCUT2D eigenvalue weighted by Gasteiger charge is -2.42. The first kappa shape index (κ1) is 18.1. The van der Waals surface area contributed by atoms with Gasteiger partial charge >= 0.3 is 0 Å². The molecular formula is C23H28N2O2. The Morgan fingerprint density at radius 1 is 0.926 bits per heavy atom. The Bertz CT molecular complexity index is 817. The average molecular weight is 364 g/mol. The molecule has 4 heteroatoms. The highest BCUT2D eigenvalue weighted by Crippen LogP contribution is 2.36. The van der Waals surface area contributed by atoms with Crippen LogP contribution in [0, 0.1) is 20.8 Å². The first-order valence-corrected chi connectivity index (χ1v) is 9.84. The third-order valence-corrected chi connectivity index (χ3v) is 5.78. The number of aryl methyl sites for hydroxylation is 3. The van der Waals surface area contributed by atoms with Crippen LogP contribution in [-0.2, 0) is 9.53 Å². The van der Waals surface area contributed by atoms with E-state index in [-0.39, 0.29) is 18.1 Å². The molecule has 2 atom stereocenters. The molecule has 0 aromatic heterocycles. The number of rotatable bonds is 3. The lowest BCUT2D eigenvalue weighted by Crippen LogP contribution is -2.54. The van der Waals surface area contributed by atoms with E-state index in [2.05, 4.69) is 68.1 Å². The van der Waals surface area contributed by atoms with Crippen molar-refractivity contribution < 1.29 is 9.53 Å². The maximum Gasteiger partial charge on any atom is 0.251 e. The van der Waals surface area contributed by atoms with Crippen LogP contribution in [-0.4, -0.2) is 43.1 Å². The molecule has 4 nitrogen and oxygen atoms in total. The summed E-state index contributed by atoms with van der Waals surface area (Å²) >= 11 is 0. The van der Waals surface area contributed by atoms with E-state index in [0.717, 1.165) is 32.6 Å². The van der Waals surface area contributed by atoms with Crippen molar-refractivity contribution in [2.75, 3.05) is 31.1 Å². The van der Waals surface area contributed by atoms with Gasteiger partial charge in [-0.3, -0.25) is 4.79 Å². The molecule has 0 radical (unpaired) electrons. The molecule has 2 aromatic rings. The van der Waals surface area contributed by atoms with Crippen molar-refractivity contribution in [2.24, 2.45) is 0 Å². The summed E-state index contributed by atoms with van der Waals surface area (Å²) in [5, 5.41) is 0. The van der Waals surface area contributed by atoms with E-state index in [9.17, 15) is 4.79 Å². The van der Waals surface area contributed by atoms with Gasteiger partial charge in [0.05, 0.1) is 6.10 Å². The average Bonchev–Trinajstić information content (AvgIpc) is 2.64. The van der Waals surface area contributed by atoms with Crippen molar-refractivity contribution in [1.82, 2.24) is 4.90 Å². The van der Waals surface area contributed by atoms with E-state index >= 15 is 0 Å². The molecule has 0 aliphatic carbocycles. The summed E-state index contributed by atoms with van der Waals surface area (Å²) in [5.41, 5.74) is 6.28. The van der Waals surface area contributed by atoms with Crippen LogP contribution in [0.15, 0.2) is 42.5 Å². The molecule has 1 amide bonds. The number of carbonyl (C=O) groups is 1. The summed E-state index contributed by atoms with van der Waals surface area (Å²) < 4.78 is 5.92. The number of hydrogen-bond acceptors (Lipinski definition) is 3. The number of amides is 1. The largest absolute Gasteiger partial charge is 0.368 e. The first-order valence-electron chi connectivity index (χ1n) is 9.84. The number of nitrogens with zero attached hydrogens (tertiary/aromatic N) is 2. The van der Waals surface area contributed by atoms with Gasteiger partial charge in [-0.25, -0.2) is 0 Å². The number of benzene rings is 2. The van der Waals surface area contributed by atoms with Crippen molar-refractivity contribution >= 4 is 11.6 Å². The van der Waals surface area contributed by atoms with E-state index < -0.39 is 0 Å². The third-order valence-electron chi connectivity index (χ3n) is 5.78. The second kappa shape index (κ2) is 7.35. The van der Waals surface area contributed by atoms with Crippen molar-refractivity contribution in [3.63, 3.8) is 0 Å². The Morgan fingerprint density at radius 2 is 1.56 bits per heavy atom. The molecule has 4 rings (SSSR count). The summed E-state index contributed by atoms with van der Waals surface area (Å²) in [7, 11) is 0. The molecule has 2 heterocycles. The van der Waals surface area contributed by atoms with Crippen LogP contribution in [0.3, 0.4) is 0 Å². The Kier molecular flexibility index (Phi) is 4.92. The standard InChI is InChI=1S/C23H28N2O2/c1-16-5-8-19(9-6-16)21-15-22(27-21)23(26)25-12-10-24(11-13-25)20-14-17(2)4-7-18(20)3/h4-9,14,21-22H,10-13,15H2,1-3H3/t21-,22+/m0/s1. The van der Waals surface area contributed by atoms with Gasteiger partial charge in [-0.1, -0.05) is 42.0 Å². The zero-order chi connectivity index (χ0) is 19.0. The monoisotopic (exact) mass is 364 g/mol. The van der Waals surface area contributed by atoms with E-state index in [1.54, 1.807) is 0 Å². The number of carbonyl (C=O) groups excluding carboxylic acids is 1. The molecule has 0 N–H and O–H groups in total. The smallest absolute Gasteiger partial charge is 0.251 e. The maximum atomic E-state index is 12.8. The lowest BCUT2D eigenvalue weighted by atomic mass is 9.96. The fourth-order valence-corrected chi connectivity index (χ4v) is 3.97. The summed E-state index contributed by atoms with van der Waals surface area (Å²) in [6.45, 7) is 9.65. The lowest BCUT2D eigenvalue weighted by molar-refractivity contribution is -0.174. The van der Waals surface area contributed by atoms with Crippen molar-refractivity contribution in [3.8, 4) is 0 Å². The minimum absolute atomic E-state index is 0.0655. The predicted octanol–water partition coefficient (Wildman–Crippen LogP) is 3.79. The highest BCUT2D eigenvalue weighted by Gasteiger charge is 2.39. The topological polar surface area (TPSA) is 32.8 Å². The van der Waals surface area contributed by atoms with Crippen LogP contribution in [0.5, 0.6) is 0 Å². The summed E-state index contributed by atoms with van der Waals surface area (Å²) in [6, 6.07) is 15.0. The van der Waals surface area contributed by atoms with Gasteiger partial charge in [0.25, 0.3) is 5.91 Å². The number of piperazine rings is 1. The van der Waals surface area contributed by atoms with Gasteiger partial charge in [-0.05, 0) is 43.5 Å². The van der Waals surface area contributed by atoms with Crippen LogP contribution >= 0.6 is 0 Å². The van der Waals surface area contributed by atoms with Crippen LogP contribution in [0.4, 0.5) is 5.69 Å². The fourth-order valence-electron chi connectivity index (χ4n) is 3.97. The van der Waals surface area contributed by atoms with Gasteiger partial charge in [0.2, 0.25) is 0 Å². The maximum absolute atomic E-state index is 12.8. The SMILES string of the molecule is Cc1ccc([C@@H]2C[C@H](C(=O)N3CCN(c4cc(C)ccc4C)CC3)O2)cc1. The van der Waals surface area contributed by atoms with Gasteiger partial charge < -0.3 is 14.5 Å². The quantitative estimate of drug-likeness (QED) is 0.831. The molecule has 0 saturated carbocycles. The molecule has 0 unspecified atom stereocenters. The molecule has 2 aliphatic heterocycles. The number of anilines is 1. The van der Waals surface area contributed by atoms with Gasteiger partial charge in [-0.2, -0.15) is 0 Å². The molecule has 2 aliphatic rings. The van der Waals surface area contributed by atoms with E-state index in [1.165, 1.54) is 27.9 Å². The van der Waals surface area contributed by atoms with Crippen LogP contribution in [0.25, 0.3) is 0 Å². The summed E-state index contributed by atoms with van der Waals surface area (Å²) in [6.07, 6.45) is 0.582. The van der Waals surface area contributed by atoms with Crippen LogP contribution in [0.2, 0.25) is 0 Å². The van der Waals surface area contributed by atoms with E-state index in [0.29, 0.717) is 0 Å². The van der Waals surface area contributed by atoms with Crippen molar-refractivity contribution in [1.29, 1.82) is 0 Å². The number of hydrogen-bond donors (Lipinski definition) is 0. The summed E-state index contributed by atoms with van der Waals surface area (Å²) in [4.78, 5) is 17.1. The highest BCUT2D eigenvalue weighted by molar-refractivity contribution is 5.82. The van der Waals surface area contributed by atoms with Gasteiger partial charge in [0.15, 0.2) is 0 Å².